The first-order chi connectivity index (χ1) is 23.5. The predicted molar refractivity (Wildman–Crippen MR) is 193 cm³/mol. The van der Waals surface area contributed by atoms with Crippen LogP contribution in [0, 0.1) is 22.7 Å². The van der Waals surface area contributed by atoms with E-state index in [0.717, 1.165) is 39.1 Å². The van der Waals surface area contributed by atoms with Gasteiger partial charge < -0.3 is 9.88 Å². The quantitative estimate of drug-likeness (QED) is 0.215. The standard InChI is InChI=1S/C43H29N5/c1-43(2)35-14-8-6-13-33(35)39-36(43)21-20-32-31-12-7-9-15-38(31)48(41(32)39)29-17-19-30(28(23-29)25-45)40-34-18-16-26(24-44)22-37(34)46-42(47-40)27-10-4-3-5-11-27/h3-23,40H,1-2H3,(H,46,47). The molecule has 1 unspecified atom stereocenters. The van der Waals surface area contributed by atoms with Gasteiger partial charge in [-0.05, 0) is 52.6 Å². The number of para-hydroxylation sites is 1. The largest absolute Gasteiger partial charge is 0.340 e. The summed E-state index contributed by atoms with van der Waals surface area (Å²) in [7, 11) is 0. The lowest BCUT2D eigenvalue weighted by molar-refractivity contribution is 0.661. The van der Waals surface area contributed by atoms with Crippen LogP contribution in [0.1, 0.15) is 58.8 Å². The highest BCUT2D eigenvalue weighted by atomic mass is 15.0. The molecule has 0 amide bonds. The third kappa shape index (κ3) is 3.92. The smallest absolute Gasteiger partial charge is 0.133 e. The summed E-state index contributed by atoms with van der Waals surface area (Å²) in [5.74, 6) is 0.704. The molecule has 1 atom stereocenters. The molecule has 7 aromatic rings. The molecule has 0 spiro atoms. The van der Waals surface area contributed by atoms with Crippen LogP contribution in [-0.4, -0.2) is 10.4 Å². The molecule has 5 heteroatoms. The maximum atomic E-state index is 10.7. The van der Waals surface area contributed by atoms with Gasteiger partial charge in [0.2, 0.25) is 0 Å². The molecule has 0 saturated carbocycles. The van der Waals surface area contributed by atoms with Crippen molar-refractivity contribution in [2.75, 3.05) is 5.32 Å². The number of hydrogen-bond donors (Lipinski definition) is 1. The predicted octanol–water partition coefficient (Wildman–Crippen LogP) is 9.80. The maximum Gasteiger partial charge on any atom is 0.133 e. The Bertz CT molecular complexity index is 2590. The Morgan fingerprint density at radius 1 is 0.708 bits per heavy atom. The molecule has 226 valence electrons. The van der Waals surface area contributed by atoms with Gasteiger partial charge in [0.25, 0.3) is 0 Å². The van der Waals surface area contributed by atoms with E-state index in [2.05, 4.69) is 109 Å². The van der Waals surface area contributed by atoms with Crippen LogP contribution in [0.15, 0.2) is 132 Å². The number of benzene rings is 6. The Kier molecular flexibility index (Phi) is 5.97. The molecule has 5 nitrogen and oxygen atoms in total. The van der Waals surface area contributed by atoms with Crippen molar-refractivity contribution in [3.8, 4) is 29.0 Å². The van der Waals surface area contributed by atoms with Gasteiger partial charge in [0, 0.05) is 44.3 Å². The van der Waals surface area contributed by atoms with Crippen LogP contribution in [0.4, 0.5) is 5.69 Å². The van der Waals surface area contributed by atoms with Crippen molar-refractivity contribution in [2.24, 2.45) is 4.99 Å². The fraction of sp³-hybridized carbons (Fsp3) is 0.0930. The fourth-order valence-electron chi connectivity index (χ4n) is 7.84. The lowest BCUT2D eigenvalue weighted by atomic mass is 9.82. The van der Waals surface area contributed by atoms with Crippen LogP contribution in [0.2, 0.25) is 0 Å². The molecule has 48 heavy (non-hydrogen) atoms. The average molecular weight is 616 g/mol. The number of rotatable bonds is 3. The lowest BCUT2D eigenvalue weighted by Crippen LogP contribution is -2.22. The summed E-state index contributed by atoms with van der Waals surface area (Å²) in [4.78, 5) is 5.17. The molecule has 2 aliphatic rings. The molecule has 0 saturated heterocycles. The van der Waals surface area contributed by atoms with E-state index in [4.69, 9.17) is 4.99 Å². The Morgan fingerprint density at radius 2 is 1.48 bits per heavy atom. The van der Waals surface area contributed by atoms with Crippen LogP contribution >= 0.6 is 0 Å². The molecule has 0 fully saturated rings. The number of nitrogens with zero attached hydrogens (tertiary/aromatic N) is 4. The van der Waals surface area contributed by atoms with Gasteiger partial charge in [-0.3, -0.25) is 4.99 Å². The van der Waals surface area contributed by atoms with E-state index < -0.39 is 6.04 Å². The highest BCUT2D eigenvalue weighted by Gasteiger charge is 2.37. The van der Waals surface area contributed by atoms with Crippen LogP contribution in [0.5, 0.6) is 0 Å². The number of nitrogens with one attached hydrogen (secondary N) is 1. The summed E-state index contributed by atoms with van der Waals surface area (Å²) in [6.45, 7) is 4.61. The first-order valence-corrected chi connectivity index (χ1v) is 16.1. The second kappa shape index (κ2) is 10.3. The number of amidine groups is 1. The number of fused-ring (bicyclic) bond motifs is 8. The van der Waals surface area contributed by atoms with E-state index in [1.807, 2.05) is 54.6 Å². The van der Waals surface area contributed by atoms with E-state index in [-0.39, 0.29) is 5.41 Å². The highest BCUT2D eigenvalue weighted by Crippen LogP contribution is 2.53. The summed E-state index contributed by atoms with van der Waals surface area (Å²) >= 11 is 0. The van der Waals surface area contributed by atoms with Gasteiger partial charge in [0.1, 0.15) is 11.9 Å². The molecule has 1 aliphatic heterocycles. The van der Waals surface area contributed by atoms with Crippen molar-refractivity contribution >= 4 is 33.3 Å². The number of nitriles is 2. The monoisotopic (exact) mass is 615 g/mol. The van der Waals surface area contributed by atoms with E-state index in [1.165, 1.54) is 33.0 Å². The van der Waals surface area contributed by atoms with E-state index >= 15 is 0 Å². The van der Waals surface area contributed by atoms with E-state index in [9.17, 15) is 10.5 Å². The zero-order valence-electron chi connectivity index (χ0n) is 26.5. The molecule has 6 aromatic carbocycles. The second-order valence-electron chi connectivity index (χ2n) is 13.1. The highest BCUT2D eigenvalue weighted by molar-refractivity contribution is 6.15. The third-order valence-corrected chi connectivity index (χ3v) is 10.1. The number of aromatic nitrogens is 1. The third-order valence-electron chi connectivity index (χ3n) is 10.1. The first kappa shape index (κ1) is 27.8. The minimum Gasteiger partial charge on any atom is -0.340 e. The van der Waals surface area contributed by atoms with Gasteiger partial charge in [0.05, 0.1) is 34.3 Å². The van der Waals surface area contributed by atoms with Crippen LogP contribution in [-0.2, 0) is 5.41 Å². The molecule has 1 N–H and O–H groups in total. The molecular weight excluding hydrogens is 587 g/mol. The Labute approximate surface area is 278 Å². The summed E-state index contributed by atoms with van der Waals surface area (Å²) in [5, 5.41) is 26.2. The van der Waals surface area contributed by atoms with Crippen molar-refractivity contribution in [1.82, 2.24) is 4.57 Å². The van der Waals surface area contributed by atoms with Crippen molar-refractivity contribution in [3.63, 3.8) is 0 Å². The Balaban J connectivity index is 1.28. The summed E-state index contributed by atoms with van der Waals surface area (Å²) in [6.07, 6.45) is 0. The summed E-state index contributed by atoms with van der Waals surface area (Å²) in [6, 6.07) is 47.9. The Hall–Kier alpha value is -6.43. The number of hydrogen-bond acceptors (Lipinski definition) is 4. The molecule has 1 aromatic heterocycles. The van der Waals surface area contributed by atoms with E-state index in [1.54, 1.807) is 0 Å². The molecule has 0 radical (unpaired) electrons. The van der Waals surface area contributed by atoms with Gasteiger partial charge in [-0.2, -0.15) is 10.5 Å². The molecule has 2 heterocycles. The van der Waals surface area contributed by atoms with Crippen LogP contribution < -0.4 is 5.32 Å². The minimum atomic E-state index is -0.428. The van der Waals surface area contributed by atoms with Crippen molar-refractivity contribution in [2.45, 2.75) is 25.3 Å². The second-order valence-corrected chi connectivity index (χ2v) is 13.1. The van der Waals surface area contributed by atoms with Crippen molar-refractivity contribution in [3.05, 3.63) is 166 Å². The Morgan fingerprint density at radius 3 is 2.31 bits per heavy atom. The van der Waals surface area contributed by atoms with E-state index in [0.29, 0.717) is 17.0 Å². The SMILES string of the molecule is CC1(C)c2ccccc2-c2c1ccc1c3ccccc3n(-c3ccc(C4N=C(c5ccccc5)Nc5cc(C#N)ccc54)c(C#N)c3)c21. The van der Waals surface area contributed by atoms with Gasteiger partial charge in [-0.15, -0.1) is 0 Å². The van der Waals surface area contributed by atoms with Gasteiger partial charge in [-0.1, -0.05) is 111 Å². The molecule has 1 aliphatic carbocycles. The number of anilines is 1. The number of aliphatic imine (C=N–C) groups is 1. The van der Waals surface area contributed by atoms with Gasteiger partial charge >= 0.3 is 0 Å². The molecular formula is C43H29N5. The maximum absolute atomic E-state index is 10.7. The van der Waals surface area contributed by atoms with Crippen LogP contribution in [0.25, 0.3) is 38.6 Å². The summed E-state index contributed by atoms with van der Waals surface area (Å²) < 4.78 is 2.33. The lowest BCUT2D eigenvalue weighted by Gasteiger charge is -2.27. The van der Waals surface area contributed by atoms with Crippen molar-refractivity contribution in [1.29, 1.82) is 10.5 Å². The van der Waals surface area contributed by atoms with Crippen LogP contribution in [0.3, 0.4) is 0 Å². The van der Waals surface area contributed by atoms with Crippen molar-refractivity contribution < 1.29 is 0 Å². The summed E-state index contributed by atoms with van der Waals surface area (Å²) in [5.41, 5.74) is 12.8. The topological polar surface area (TPSA) is 76.9 Å². The first-order valence-electron chi connectivity index (χ1n) is 16.1. The molecule has 9 rings (SSSR count). The van der Waals surface area contributed by atoms with Gasteiger partial charge in [-0.25, -0.2) is 0 Å². The molecule has 0 bridgehead atoms. The zero-order chi connectivity index (χ0) is 32.6. The zero-order valence-corrected chi connectivity index (χ0v) is 26.5. The average Bonchev–Trinajstić information content (AvgIpc) is 3.59. The normalized spacial score (nSPS) is 15.5. The van der Waals surface area contributed by atoms with Gasteiger partial charge in [0.15, 0.2) is 0 Å². The minimum absolute atomic E-state index is 0.134. The fourth-order valence-corrected chi connectivity index (χ4v) is 7.84.